The number of hydrogen-bond donors (Lipinski definition) is 1. The molecular weight excluding hydrogens is 264 g/mol. The maximum Gasteiger partial charge on any atom is 0.241 e. The summed E-state index contributed by atoms with van der Waals surface area (Å²) in [6.07, 6.45) is 3.27. The van der Waals surface area contributed by atoms with Gasteiger partial charge >= 0.3 is 0 Å². The van der Waals surface area contributed by atoms with Crippen LogP contribution in [0.1, 0.15) is 60.8 Å². The average molecular weight is 298 g/mol. The van der Waals surface area contributed by atoms with E-state index in [4.69, 9.17) is 4.74 Å². The van der Waals surface area contributed by atoms with Crippen LogP contribution >= 0.6 is 0 Å². The van der Waals surface area contributed by atoms with E-state index < -0.39 is 0 Å². The van der Waals surface area contributed by atoms with Gasteiger partial charge in [-0.2, -0.15) is 0 Å². The van der Waals surface area contributed by atoms with Crippen LogP contribution < -0.4 is 5.32 Å². The van der Waals surface area contributed by atoms with Gasteiger partial charge in [0.15, 0.2) is 0 Å². The molecule has 4 atom stereocenters. The predicted molar refractivity (Wildman–Crippen MR) is 87.0 cm³/mol. The molecule has 0 aliphatic carbocycles. The molecule has 0 aromatic heterocycles. The van der Waals surface area contributed by atoms with Crippen molar-refractivity contribution in [1.29, 1.82) is 0 Å². The summed E-state index contributed by atoms with van der Waals surface area (Å²) in [4.78, 5) is 15.0. The van der Waals surface area contributed by atoms with Gasteiger partial charge in [-0.1, -0.05) is 47.5 Å². The Balaban J connectivity index is 2.94. The third-order valence-corrected chi connectivity index (χ3v) is 4.62. The van der Waals surface area contributed by atoms with Crippen LogP contribution in [0.4, 0.5) is 0 Å². The van der Waals surface area contributed by atoms with Crippen LogP contribution in [-0.4, -0.2) is 42.3 Å². The monoisotopic (exact) mass is 298 g/mol. The van der Waals surface area contributed by atoms with E-state index in [0.29, 0.717) is 25.0 Å². The summed E-state index contributed by atoms with van der Waals surface area (Å²) in [7, 11) is 0. The molecule has 1 heterocycles. The number of carbonyl (C=O) groups excluding carboxylic acids is 1. The molecule has 4 heteroatoms. The first kappa shape index (κ1) is 18.4. The molecule has 0 radical (unpaired) electrons. The summed E-state index contributed by atoms with van der Waals surface area (Å²) in [5.41, 5.74) is 0. The summed E-state index contributed by atoms with van der Waals surface area (Å²) in [6, 6.07) is 0.130. The highest BCUT2D eigenvalue weighted by molar-refractivity contribution is 5.85. The number of nitrogens with one attached hydrogen (secondary N) is 1. The largest absolute Gasteiger partial charge is 0.380 e. The van der Waals surface area contributed by atoms with Gasteiger partial charge in [0.05, 0.1) is 24.9 Å². The van der Waals surface area contributed by atoms with E-state index in [1.54, 1.807) is 0 Å². The molecule has 1 fully saturated rings. The van der Waals surface area contributed by atoms with E-state index in [1.807, 2.05) is 6.92 Å². The quantitative estimate of drug-likeness (QED) is 0.711. The van der Waals surface area contributed by atoms with Gasteiger partial charge in [-0.05, 0) is 25.2 Å². The molecule has 1 saturated heterocycles. The molecule has 4 unspecified atom stereocenters. The van der Waals surface area contributed by atoms with Crippen molar-refractivity contribution in [3.8, 4) is 0 Å². The molecule has 124 valence electrons. The van der Waals surface area contributed by atoms with Gasteiger partial charge in [0, 0.05) is 6.61 Å². The molecule has 1 amide bonds. The minimum atomic E-state index is -0.0329. The Morgan fingerprint density at radius 1 is 1.24 bits per heavy atom. The van der Waals surface area contributed by atoms with Gasteiger partial charge in [-0.25, -0.2) is 0 Å². The minimum absolute atomic E-state index is 0.0329. The van der Waals surface area contributed by atoms with Crippen molar-refractivity contribution in [3.63, 3.8) is 0 Å². The highest BCUT2D eigenvalue weighted by atomic mass is 16.5. The maximum atomic E-state index is 12.9. The first-order chi connectivity index (χ1) is 9.97. The van der Waals surface area contributed by atoms with Gasteiger partial charge in [0.2, 0.25) is 5.91 Å². The van der Waals surface area contributed by atoms with Gasteiger partial charge in [0.1, 0.15) is 0 Å². The number of hydrogen-bond acceptors (Lipinski definition) is 3. The van der Waals surface area contributed by atoms with Gasteiger partial charge < -0.3 is 9.64 Å². The third kappa shape index (κ3) is 4.43. The second-order valence-corrected chi connectivity index (χ2v) is 6.55. The second kappa shape index (κ2) is 8.74. The number of carbonyl (C=O) groups is 1. The van der Waals surface area contributed by atoms with Crippen LogP contribution in [0.2, 0.25) is 0 Å². The van der Waals surface area contributed by atoms with E-state index in [1.165, 1.54) is 0 Å². The molecule has 0 spiro atoms. The molecule has 21 heavy (non-hydrogen) atoms. The molecule has 1 N–H and O–H groups in total. The van der Waals surface area contributed by atoms with Crippen LogP contribution in [0.25, 0.3) is 0 Å². The Morgan fingerprint density at radius 2 is 1.90 bits per heavy atom. The lowest BCUT2D eigenvalue weighted by Gasteiger charge is -2.35. The molecule has 0 saturated carbocycles. The maximum absolute atomic E-state index is 12.9. The van der Waals surface area contributed by atoms with Gasteiger partial charge in [-0.3, -0.25) is 10.1 Å². The number of rotatable bonds is 9. The van der Waals surface area contributed by atoms with Crippen LogP contribution in [0.15, 0.2) is 0 Å². The molecule has 1 aliphatic heterocycles. The molecule has 0 aromatic rings. The normalized spacial score (nSPS) is 25.7. The van der Waals surface area contributed by atoms with Crippen molar-refractivity contribution >= 4 is 5.91 Å². The van der Waals surface area contributed by atoms with Crippen LogP contribution in [0, 0.1) is 11.8 Å². The summed E-state index contributed by atoms with van der Waals surface area (Å²) in [6.45, 7) is 14.2. The molecular formula is C17H34N2O2. The Hall–Kier alpha value is -0.610. The van der Waals surface area contributed by atoms with E-state index in [9.17, 15) is 4.79 Å². The number of amides is 1. The fraction of sp³-hybridized carbons (Fsp3) is 0.941. The van der Waals surface area contributed by atoms with E-state index in [2.05, 4.69) is 44.8 Å². The number of nitrogens with zero attached hydrogens (tertiary/aromatic N) is 1. The van der Waals surface area contributed by atoms with Crippen LogP contribution in [0.5, 0.6) is 0 Å². The van der Waals surface area contributed by atoms with E-state index >= 15 is 0 Å². The lowest BCUT2D eigenvalue weighted by atomic mass is 9.98. The Bertz CT molecular complexity index is 320. The standard InChI is InChI=1S/C17H34N2O2/c1-7-10-15-18-16(13(6)8-2)17(20)19(15)14(12(4)5)11-21-9-3/h12-16,18H,7-11H2,1-6H3. The lowest BCUT2D eigenvalue weighted by Crippen LogP contribution is -2.49. The fourth-order valence-corrected chi connectivity index (χ4v) is 3.04. The smallest absolute Gasteiger partial charge is 0.241 e. The van der Waals surface area contributed by atoms with Crippen molar-refractivity contribution in [1.82, 2.24) is 10.2 Å². The summed E-state index contributed by atoms with van der Waals surface area (Å²) < 4.78 is 5.64. The van der Waals surface area contributed by atoms with Crippen LogP contribution in [-0.2, 0) is 9.53 Å². The topological polar surface area (TPSA) is 41.6 Å². The fourth-order valence-electron chi connectivity index (χ4n) is 3.04. The van der Waals surface area contributed by atoms with E-state index in [0.717, 1.165) is 19.3 Å². The van der Waals surface area contributed by atoms with E-state index in [-0.39, 0.29) is 24.2 Å². The SMILES string of the molecule is CCCC1NC(C(C)CC)C(=O)N1C(COCC)C(C)C. The zero-order chi connectivity index (χ0) is 16.0. The molecule has 0 aromatic carbocycles. The highest BCUT2D eigenvalue weighted by Gasteiger charge is 2.44. The zero-order valence-corrected chi connectivity index (χ0v) is 14.7. The second-order valence-electron chi connectivity index (χ2n) is 6.55. The summed E-state index contributed by atoms with van der Waals surface area (Å²) in [5, 5.41) is 3.58. The molecule has 0 bridgehead atoms. The highest BCUT2D eigenvalue weighted by Crippen LogP contribution is 2.26. The number of ether oxygens (including phenoxy) is 1. The molecule has 1 rings (SSSR count). The Morgan fingerprint density at radius 3 is 2.38 bits per heavy atom. The molecule has 1 aliphatic rings. The minimum Gasteiger partial charge on any atom is -0.380 e. The van der Waals surface area contributed by atoms with Crippen molar-refractivity contribution in [2.45, 2.75) is 79.1 Å². The van der Waals surface area contributed by atoms with Gasteiger partial charge in [0.25, 0.3) is 0 Å². The summed E-state index contributed by atoms with van der Waals surface area (Å²) in [5.74, 6) is 1.04. The Labute approximate surface area is 130 Å². The summed E-state index contributed by atoms with van der Waals surface area (Å²) >= 11 is 0. The van der Waals surface area contributed by atoms with Gasteiger partial charge in [-0.15, -0.1) is 0 Å². The first-order valence-electron chi connectivity index (χ1n) is 8.63. The average Bonchev–Trinajstić information content (AvgIpc) is 2.76. The molecule has 4 nitrogen and oxygen atoms in total. The van der Waals surface area contributed by atoms with Crippen molar-refractivity contribution < 1.29 is 9.53 Å². The van der Waals surface area contributed by atoms with Crippen molar-refractivity contribution in [2.24, 2.45) is 11.8 Å². The first-order valence-corrected chi connectivity index (χ1v) is 8.63. The Kier molecular flexibility index (Phi) is 7.67. The van der Waals surface area contributed by atoms with Crippen LogP contribution in [0.3, 0.4) is 0 Å². The van der Waals surface area contributed by atoms with Crippen molar-refractivity contribution in [2.75, 3.05) is 13.2 Å². The zero-order valence-electron chi connectivity index (χ0n) is 14.7. The third-order valence-electron chi connectivity index (χ3n) is 4.62. The lowest BCUT2D eigenvalue weighted by molar-refractivity contribution is -0.135. The predicted octanol–water partition coefficient (Wildman–Crippen LogP) is 3.02. The van der Waals surface area contributed by atoms with Crippen molar-refractivity contribution in [3.05, 3.63) is 0 Å².